The van der Waals surface area contributed by atoms with Crippen LogP contribution in [0, 0.1) is 0 Å². The van der Waals surface area contributed by atoms with Gasteiger partial charge >= 0.3 is 17.9 Å². The van der Waals surface area contributed by atoms with Crippen LogP contribution in [-0.2, 0) is 14.4 Å². The Kier molecular flexibility index (Phi) is 53.2. The molecule has 0 aromatic carbocycles. The van der Waals surface area contributed by atoms with Crippen molar-refractivity contribution in [2.24, 2.45) is 0 Å². The summed E-state index contributed by atoms with van der Waals surface area (Å²) in [6, 6.07) is 0. The monoisotopic (exact) mass is 302 g/mol. The first-order valence-electron chi connectivity index (χ1n) is 5.77. The molecule has 0 atom stereocenters. The Balaban J connectivity index is -0.0000000519. The van der Waals surface area contributed by atoms with E-state index in [1.165, 1.54) is 6.42 Å². The molecule has 0 radical (unpaired) electrons. The van der Waals surface area contributed by atoms with Crippen LogP contribution in [0.1, 0.15) is 27.2 Å². The fourth-order valence-corrected chi connectivity index (χ4v) is 0. The first-order valence-corrected chi connectivity index (χ1v) is 5.77. The minimum atomic E-state index is -0.981. The van der Waals surface area contributed by atoms with Gasteiger partial charge in [0.15, 0.2) is 0 Å². The standard InChI is InChI=1S/3C3H4O2.C3H8.C3H6/c3*1-2-3(4)5;2*1-3-2/h3*2H,1H2,(H,4,5);3H2,1-2H3;3H,1H2,2H3. The highest BCUT2D eigenvalue weighted by Crippen LogP contribution is 1.56. The van der Waals surface area contributed by atoms with Crippen molar-refractivity contribution in [3.63, 3.8) is 0 Å². The molecule has 0 heterocycles. The van der Waals surface area contributed by atoms with Crippen molar-refractivity contribution >= 4 is 17.9 Å². The molecule has 0 amide bonds. The Bertz CT molecular complexity index is 262. The van der Waals surface area contributed by atoms with Crippen molar-refractivity contribution in [2.45, 2.75) is 27.2 Å². The van der Waals surface area contributed by atoms with Gasteiger partial charge in [-0.05, 0) is 6.92 Å². The number of carbonyl (C=O) groups is 3. The van der Waals surface area contributed by atoms with E-state index in [2.05, 4.69) is 40.2 Å². The number of carboxylic acids is 3. The van der Waals surface area contributed by atoms with E-state index >= 15 is 0 Å². The number of carboxylic acid groups (broad SMARTS) is 3. The van der Waals surface area contributed by atoms with Crippen molar-refractivity contribution in [3.8, 4) is 0 Å². The van der Waals surface area contributed by atoms with Gasteiger partial charge in [0.05, 0.1) is 0 Å². The summed E-state index contributed by atoms with van der Waals surface area (Å²) in [6.07, 6.45) is 5.50. The average Bonchev–Trinajstić information content (AvgIpc) is 2.41. The molecular formula is C15H26O6. The van der Waals surface area contributed by atoms with E-state index in [9.17, 15) is 14.4 Å². The average molecular weight is 302 g/mol. The maximum Gasteiger partial charge on any atom is 0.327 e. The van der Waals surface area contributed by atoms with Crippen LogP contribution in [0.15, 0.2) is 50.6 Å². The van der Waals surface area contributed by atoms with Crippen molar-refractivity contribution in [1.29, 1.82) is 0 Å². The van der Waals surface area contributed by atoms with E-state index in [-0.39, 0.29) is 0 Å². The molecule has 0 saturated heterocycles. The van der Waals surface area contributed by atoms with Crippen molar-refractivity contribution in [3.05, 3.63) is 50.6 Å². The molecule has 0 spiro atoms. The Hall–Kier alpha value is -2.63. The number of rotatable bonds is 3. The Morgan fingerprint density at radius 2 is 0.810 bits per heavy atom. The molecule has 0 fully saturated rings. The van der Waals surface area contributed by atoms with Gasteiger partial charge in [0.1, 0.15) is 0 Å². The topological polar surface area (TPSA) is 112 Å². The maximum absolute atomic E-state index is 9.25. The van der Waals surface area contributed by atoms with E-state index in [0.717, 1.165) is 18.2 Å². The van der Waals surface area contributed by atoms with E-state index < -0.39 is 17.9 Å². The molecule has 0 saturated carbocycles. The SMILES string of the molecule is C=CC.C=CC(=O)O.C=CC(=O)O.C=CC(=O)O.CCC. The van der Waals surface area contributed by atoms with Gasteiger partial charge in [0, 0.05) is 18.2 Å². The number of allylic oxidation sites excluding steroid dienone is 1. The zero-order valence-corrected chi connectivity index (χ0v) is 12.9. The van der Waals surface area contributed by atoms with Gasteiger partial charge < -0.3 is 15.3 Å². The van der Waals surface area contributed by atoms with E-state index in [4.69, 9.17) is 15.3 Å². The number of hydrogen-bond acceptors (Lipinski definition) is 3. The quantitative estimate of drug-likeness (QED) is 0.544. The van der Waals surface area contributed by atoms with E-state index in [1.807, 2.05) is 6.92 Å². The first-order chi connectivity index (χ1) is 9.64. The number of aliphatic carboxylic acids is 3. The van der Waals surface area contributed by atoms with E-state index in [1.54, 1.807) is 6.08 Å². The largest absolute Gasteiger partial charge is 0.478 e. The molecule has 6 nitrogen and oxygen atoms in total. The fourth-order valence-electron chi connectivity index (χ4n) is 0. The molecule has 0 aromatic rings. The molecule has 0 unspecified atom stereocenters. The molecule has 0 rings (SSSR count). The molecule has 0 aliphatic carbocycles. The summed E-state index contributed by atoms with van der Waals surface area (Å²) < 4.78 is 0. The summed E-state index contributed by atoms with van der Waals surface area (Å²) in [6.45, 7) is 18.4. The molecule has 0 aliphatic rings. The Morgan fingerprint density at radius 1 is 0.762 bits per heavy atom. The predicted molar refractivity (Wildman–Crippen MR) is 85.3 cm³/mol. The zero-order chi connectivity index (χ0) is 18.3. The lowest BCUT2D eigenvalue weighted by Crippen LogP contribution is -1.82. The lowest BCUT2D eigenvalue weighted by atomic mass is 10.6. The minimum absolute atomic E-state index is 0.833. The lowest BCUT2D eigenvalue weighted by Gasteiger charge is -1.64. The van der Waals surface area contributed by atoms with Crippen molar-refractivity contribution in [2.75, 3.05) is 0 Å². The molecule has 21 heavy (non-hydrogen) atoms. The maximum atomic E-state index is 9.25. The summed E-state index contributed by atoms with van der Waals surface area (Å²) in [7, 11) is 0. The van der Waals surface area contributed by atoms with Crippen LogP contribution < -0.4 is 0 Å². The third-order valence-corrected chi connectivity index (χ3v) is 0.524. The summed E-state index contributed by atoms with van der Waals surface area (Å²) >= 11 is 0. The molecular weight excluding hydrogens is 276 g/mol. The van der Waals surface area contributed by atoms with Gasteiger partial charge in [-0.1, -0.05) is 46.1 Å². The minimum Gasteiger partial charge on any atom is -0.478 e. The molecule has 6 heteroatoms. The van der Waals surface area contributed by atoms with Gasteiger partial charge in [0.25, 0.3) is 0 Å². The van der Waals surface area contributed by atoms with Crippen LogP contribution in [0.4, 0.5) is 0 Å². The van der Waals surface area contributed by atoms with Crippen LogP contribution in [0.5, 0.6) is 0 Å². The highest BCUT2D eigenvalue weighted by Gasteiger charge is 1.74. The molecule has 3 N–H and O–H groups in total. The fraction of sp³-hybridized carbons (Fsp3) is 0.267. The highest BCUT2D eigenvalue weighted by molar-refractivity contribution is 5.79. The second kappa shape index (κ2) is 36.0. The van der Waals surface area contributed by atoms with Gasteiger partial charge in [-0.15, -0.1) is 6.58 Å². The molecule has 122 valence electrons. The smallest absolute Gasteiger partial charge is 0.327 e. The second-order valence-electron chi connectivity index (χ2n) is 2.74. The highest BCUT2D eigenvalue weighted by atomic mass is 16.4. The summed E-state index contributed by atoms with van der Waals surface area (Å²) in [5.74, 6) is -2.94. The van der Waals surface area contributed by atoms with Crippen LogP contribution in [0.3, 0.4) is 0 Å². The van der Waals surface area contributed by atoms with Gasteiger partial charge in [-0.25, -0.2) is 14.4 Å². The Morgan fingerprint density at radius 3 is 0.810 bits per heavy atom. The zero-order valence-electron chi connectivity index (χ0n) is 12.9. The second-order valence-corrected chi connectivity index (χ2v) is 2.74. The van der Waals surface area contributed by atoms with E-state index in [0.29, 0.717) is 0 Å². The molecule has 0 aliphatic heterocycles. The van der Waals surface area contributed by atoms with Crippen LogP contribution in [0.2, 0.25) is 0 Å². The van der Waals surface area contributed by atoms with Crippen LogP contribution >= 0.6 is 0 Å². The third kappa shape index (κ3) is 361. The normalized spacial score (nSPS) is 6.05. The van der Waals surface area contributed by atoms with Crippen LogP contribution in [-0.4, -0.2) is 33.2 Å². The molecule has 0 bridgehead atoms. The van der Waals surface area contributed by atoms with Crippen LogP contribution in [0.25, 0.3) is 0 Å². The summed E-state index contributed by atoms with van der Waals surface area (Å²) in [5, 5.41) is 22.8. The third-order valence-electron chi connectivity index (χ3n) is 0.524. The summed E-state index contributed by atoms with van der Waals surface area (Å²) in [5.41, 5.74) is 0. The lowest BCUT2D eigenvalue weighted by molar-refractivity contribution is -0.132. The molecule has 0 aromatic heterocycles. The number of hydrogen-bond donors (Lipinski definition) is 3. The van der Waals surface area contributed by atoms with Crippen molar-refractivity contribution < 1.29 is 29.7 Å². The first kappa shape index (κ1) is 31.0. The van der Waals surface area contributed by atoms with Gasteiger partial charge in [0.2, 0.25) is 0 Å². The Labute approximate surface area is 126 Å². The van der Waals surface area contributed by atoms with Gasteiger partial charge in [-0.2, -0.15) is 0 Å². The summed E-state index contributed by atoms with van der Waals surface area (Å²) in [4.78, 5) is 27.8. The van der Waals surface area contributed by atoms with Gasteiger partial charge in [-0.3, -0.25) is 0 Å². The van der Waals surface area contributed by atoms with Crippen molar-refractivity contribution in [1.82, 2.24) is 0 Å². The predicted octanol–water partition coefficient (Wildman–Crippen LogP) is 3.38.